The zero-order valence-electron chi connectivity index (χ0n) is 10.3. The van der Waals surface area contributed by atoms with Crippen LogP contribution in [0.4, 0.5) is 0 Å². The second kappa shape index (κ2) is 4.41. The fraction of sp³-hybridized carbons (Fsp3) is 0.846. The van der Waals surface area contributed by atoms with Gasteiger partial charge in [0.25, 0.3) is 0 Å². The Balaban J connectivity index is 1.64. The Bertz CT molecular complexity index is 389. The number of rotatable bonds is 4. The molecule has 2 fully saturated rings. The van der Waals surface area contributed by atoms with Crippen LogP contribution in [0.5, 0.6) is 0 Å². The number of hydrogen-bond acceptors (Lipinski definition) is 4. The van der Waals surface area contributed by atoms with E-state index in [4.69, 9.17) is 4.52 Å². The van der Waals surface area contributed by atoms with E-state index in [0.29, 0.717) is 24.7 Å². The van der Waals surface area contributed by atoms with Crippen molar-refractivity contribution in [2.24, 2.45) is 11.8 Å². The summed E-state index contributed by atoms with van der Waals surface area (Å²) in [7, 11) is 0. The van der Waals surface area contributed by atoms with E-state index in [9.17, 15) is 5.11 Å². The lowest BCUT2D eigenvalue weighted by Crippen LogP contribution is -2.10. The van der Waals surface area contributed by atoms with Crippen molar-refractivity contribution in [2.45, 2.75) is 57.5 Å². The summed E-state index contributed by atoms with van der Waals surface area (Å²) < 4.78 is 5.26. The van der Waals surface area contributed by atoms with Crippen LogP contribution < -0.4 is 0 Å². The van der Waals surface area contributed by atoms with Crippen molar-refractivity contribution in [2.75, 3.05) is 0 Å². The minimum atomic E-state index is -0.298. The van der Waals surface area contributed by atoms with Crippen molar-refractivity contribution in [1.29, 1.82) is 0 Å². The smallest absolute Gasteiger partial charge is 0.226 e. The molecule has 0 radical (unpaired) electrons. The van der Waals surface area contributed by atoms with Gasteiger partial charge in [0, 0.05) is 12.3 Å². The average Bonchev–Trinajstić information content (AvgIpc) is 3.01. The van der Waals surface area contributed by atoms with Crippen LogP contribution in [0.15, 0.2) is 4.52 Å². The summed E-state index contributed by atoms with van der Waals surface area (Å²) in [6.45, 7) is 1.78. The molecule has 1 heterocycles. The predicted octanol–water partition coefficient (Wildman–Crippen LogP) is 2.29. The third kappa shape index (κ3) is 2.23. The lowest BCUT2D eigenvalue weighted by atomic mass is 9.88. The molecule has 2 saturated carbocycles. The molecule has 94 valence electrons. The van der Waals surface area contributed by atoms with Crippen molar-refractivity contribution >= 4 is 0 Å². The molecule has 4 nitrogen and oxygen atoms in total. The first-order chi connectivity index (χ1) is 8.22. The van der Waals surface area contributed by atoms with Gasteiger partial charge in [-0.15, -0.1) is 0 Å². The van der Waals surface area contributed by atoms with Crippen LogP contribution in [-0.2, 0) is 6.42 Å². The Morgan fingerprint density at radius 2 is 2.29 bits per heavy atom. The summed E-state index contributed by atoms with van der Waals surface area (Å²) in [6.07, 6.45) is 6.43. The summed E-state index contributed by atoms with van der Waals surface area (Å²) in [5.41, 5.74) is 0. The van der Waals surface area contributed by atoms with Gasteiger partial charge in [-0.25, -0.2) is 0 Å². The van der Waals surface area contributed by atoms with Crippen molar-refractivity contribution in [3.8, 4) is 0 Å². The average molecular weight is 236 g/mol. The van der Waals surface area contributed by atoms with E-state index in [0.717, 1.165) is 17.7 Å². The van der Waals surface area contributed by atoms with Gasteiger partial charge in [0.15, 0.2) is 5.82 Å². The molecule has 2 aliphatic rings. The fourth-order valence-corrected chi connectivity index (χ4v) is 3.41. The molecule has 1 aromatic rings. The number of aliphatic hydroxyl groups excluding tert-OH is 1. The fourth-order valence-electron chi connectivity index (χ4n) is 3.41. The van der Waals surface area contributed by atoms with Crippen LogP contribution in [0.1, 0.15) is 56.7 Å². The quantitative estimate of drug-likeness (QED) is 0.871. The van der Waals surface area contributed by atoms with Gasteiger partial charge in [-0.2, -0.15) is 4.98 Å². The topological polar surface area (TPSA) is 59.2 Å². The maximum absolute atomic E-state index is 9.23. The van der Waals surface area contributed by atoms with E-state index in [1.54, 1.807) is 6.92 Å². The number of aromatic nitrogens is 2. The zero-order chi connectivity index (χ0) is 11.8. The first kappa shape index (κ1) is 11.2. The Morgan fingerprint density at radius 1 is 1.41 bits per heavy atom. The highest BCUT2D eigenvalue weighted by Crippen LogP contribution is 2.52. The van der Waals surface area contributed by atoms with Crippen molar-refractivity contribution < 1.29 is 9.63 Å². The SMILES string of the molecule is CC(O)CCc1nc(C2CC3CCC2C3)no1. The van der Waals surface area contributed by atoms with Crippen molar-refractivity contribution in [3.63, 3.8) is 0 Å². The van der Waals surface area contributed by atoms with Gasteiger partial charge in [0.2, 0.25) is 5.89 Å². The van der Waals surface area contributed by atoms with Gasteiger partial charge in [0.1, 0.15) is 0 Å². The van der Waals surface area contributed by atoms with E-state index >= 15 is 0 Å². The molecule has 0 amide bonds. The normalized spacial score (nSPS) is 33.2. The van der Waals surface area contributed by atoms with Crippen LogP contribution in [0.2, 0.25) is 0 Å². The van der Waals surface area contributed by atoms with Crippen LogP contribution in [0.25, 0.3) is 0 Å². The predicted molar refractivity (Wildman–Crippen MR) is 62.5 cm³/mol. The molecule has 1 N–H and O–H groups in total. The number of hydrogen-bond donors (Lipinski definition) is 1. The number of fused-ring (bicyclic) bond motifs is 2. The van der Waals surface area contributed by atoms with E-state index in [-0.39, 0.29) is 6.10 Å². The minimum Gasteiger partial charge on any atom is -0.393 e. The van der Waals surface area contributed by atoms with Gasteiger partial charge < -0.3 is 9.63 Å². The largest absolute Gasteiger partial charge is 0.393 e. The molecule has 4 unspecified atom stereocenters. The van der Waals surface area contributed by atoms with E-state index in [1.807, 2.05) is 0 Å². The lowest BCUT2D eigenvalue weighted by Gasteiger charge is -2.17. The lowest BCUT2D eigenvalue weighted by molar-refractivity contribution is 0.180. The van der Waals surface area contributed by atoms with Crippen LogP contribution in [-0.4, -0.2) is 21.4 Å². The standard InChI is InChI=1S/C13H20N2O2/c1-8(16)2-5-12-14-13(15-17-12)11-7-9-3-4-10(11)6-9/h8-11,16H,2-7H2,1H3. The van der Waals surface area contributed by atoms with Crippen LogP contribution >= 0.6 is 0 Å². The molecule has 2 aliphatic carbocycles. The first-order valence-electron chi connectivity index (χ1n) is 6.73. The molecular formula is C13H20N2O2. The third-order valence-corrected chi connectivity index (χ3v) is 4.33. The second-order valence-corrected chi connectivity index (χ2v) is 5.72. The third-order valence-electron chi connectivity index (χ3n) is 4.33. The summed E-state index contributed by atoms with van der Waals surface area (Å²) in [5.74, 6) is 3.84. The van der Waals surface area contributed by atoms with Gasteiger partial charge in [0.05, 0.1) is 6.10 Å². The maximum Gasteiger partial charge on any atom is 0.226 e. The highest BCUT2D eigenvalue weighted by Gasteiger charge is 2.42. The zero-order valence-corrected chi connectivity index (χ0v) is 10.3. The Kier molecular flexibility index (Phi) is 2.90. The van der Waals surface area contributed by atoms with Crippen LogP contribution in [0, 0.1) is 11.8 Å². The van der Waals surface area contributed by atoms with Crippen molar-refractivity contribution in [1.82, 2.24) is 10.1 Å². The molecule has 0 aliphatic heterocycles. The molecule has 0 saturated heterocycles. The van der Waals surface area contributed by atoms with E-state index in [2.05, 4.69) is 10.1 Å². The van der Waals surface area contributed by atoms with E-state index in [1.165, 1.54) is 25.7 Å². The highest BCUT2D eigenvalue weighted by molar-refractivity contribution is 5.06. The Hall–Kier alpha value is -0.900. The van der Waals surface area contributed by atoms with E-state index < -0.39 is 0 Å². The number of nitrogens with zero attached hydrogens (tertiary/aromatic N) is 2. The molecule has 17 heavy (non-hydrogen) atoms. The van der Waals surface area contributed by atoms with Gasteiger partial charge in [-0.05, 0) is 44.4 Å². The molecule has 4 atom stereocenters. The molecular weight excluding hydrogens is 216 g/mol. The summed E-state index contributed by atoms with van der Waals surface area (Å²) in [4.78, 5) is 4.49. The Morgan fingerprint density at radius 3 is 2.94 bits per heavy atom. The summed E-state index contributed by atoms with van der Waals surface area (Å²) in [5, 5.41) is 13.4. The van der Waals surface area contributed by atoms with Crippen LogP contribution in [0.3, 0.4) is 0 Å². The molecule has 2 bridgehead atoms. The summed E-state index contributed by atoms with van der Waals surface area (Å²) >= 11 is 0. The molecule has 1 aromatic heterocycles. The maximum atomic E-state index is 9.23. The summed E-state index contributed by atoms with van der Waals surface area (Å²) in [6, 6.07) is 0. The minimum absolute atomic E-state index is 0.298. The molecule has 0 spiro atoms. The molecule has 3 rings (SSSR count). The first-order valence-corrected chi connectivity index (χ1v) is 6.73. The number of aryl methyl sites for hydroxylation is 1. The number of aliphatic hydroxyl groups is 1. The van der Waals surface area contributed by atoms with Crippen molar-refractivity contribution in [3.05, 3.63) is 11.7 Å². The Labute approximate surface area is 101 Å². The second-order valence-electron chi connectivity index (χ2n) is 5.72. The molecule has 0 aromatic carbocycles. The van der Waals surface area contributed by atoms with Gasteiger partial charge in [-0.1, -0.05) is 11.6 Å². The monoisotopic (exact) mass is 236 g/mol. The molecule has 4 heteroatoms. The highest BCUT2D eigenvalue weighted by atomic mass is 16.5. The van der Waals surface area contributed by atoms with Gasteiger partial charge >= 0.3 is 0 Å². The van der Waals surface area contributed by atoms with Gasteiger partial charge in [-0.3, -0.25) is 0 Å².